The quantitative estimate of drug-likeness (QED) is 0.665. The Morgan fingerprint density at radius 2 is 1.87 bits per heavy atom. The zero-order valence-electron chi connectivity index (χ0n) is 16.9. The molecule has 2 aliphatic rings. The average Bonchev–Trinajstić information content (AvgIpc) is 3.05. The van der Waals surface area contributed by atoms with E-state index in [-0.39, 0.29) is 18.5 Å². The number of esters is 1. The van der Waals surface area contributed by atoms with E-state index in [1.807, 2.05) is 12.1 Å². The normalized spacial score (nSPS) is 18.4. The van der Waals surface area contributed by atoms with Crippen LogP contribution in [0.1, 0.15) is 11.8 Å². The summed E-state index contributed by atoms with van der Waals surface area (Å²) < 4.78 is 6.35. The molecule has 7 nitrogen and oxygen atoms in total. The third kappa shape index (κ3) is 4.62. The highest BCUT2D eigenvalue weighted by molar-refractivity contribution is 7.19. The van der Waals surface area contributed by atoms with Crippen LogP contribution in [0.2, 0.25) is 5.02 Å². The van der Waals surface area contributed by atoms with Gasteiger partial charge in [-0.1, -0.05) is 29.8 Å². The van der Waals surface area contributed by atoms with E-state index in [0.29, 0.717) is 24.4 Å². The highest BCUT2D eigenvalue weighted by Gasteiger charge is 2.26. The van der Waals surface area contributed by atoms with Crippen LogP contribution in [0.15, 0.2) is 35.5 Å². The second kappa shape index (κ2) is 9.34. The number of hydrogen-bond acceptors (Lipinski definition) is 6. The molecule has 0 unspecified atom stereocenters. The molecule has 1 aromatic heterocycles. The van der Waals surface area contributed by atoms with Gasteiger partial charge in [-0.15, -0.1) is 11.3 Å². The van der Waals surface area contributed by atoms with Crippen molar-refractivity contribution in [3.63, 3.8) is 0 Å². The third-order valence-electron chi connectivity index (χ3n) is 5.39. The summed E-state index contributed by atoms with van der Waals surface area (Å²) in [7, 11) is 0. The number of halogens is 1. The summed E-state index contributed by atoms with van der Waals surface area (Å²) in [5.41, 5.74) is 1.13. The van der Waals surface area contributed by atoms with Gasteiger partial charge in [0.25, 0.3) is 0 Å². The summed E-state index contributed by atoms with van der Waals surface area (Å²) in [5.74, 6) is -0.377. The largest absolute Gasteiger partial charge is 0.463 e. The van der Waals surface area contributed by atoms with Crippen LogP contribution in [0, 0.1) is 0 Å². The second-order valence-electron chi connectivity index (χ2n) is 7.37. The minimum Gasteiger partial charge on any atom is -0.463 e. The van der Waals surface area contributed by atoms with E-state index in [2.05, 4.69) is 32.6 Å². The van der Waals surface area contributed by atoms with Crippen molar-refractivity contribution in [2.75, 3.05) is 45.9 Å². The maximum atomic E-state index is 12.2. The van der Waals surface area contributed by atoms with Crippen molar-refractivity contribution >= 4 is 45.0 Å². The predicted octanol–water partition coefficient (Wildman–Crippen LogP) is 2.80. The molecule has 30 heavy (non-hydrogen) atoms. The van der Waals surface area contributed by atoms with Crippen LogP contribution in [0.25, 0.3) is 10.1 Å². The molecule has 2 aromatic rings. The molecule has 0 bridgehead atoms. The van der Waals surface area contributed by atoms with Crippen molar-refractivity contribution in [2.24, 2.45) is 0 Å². The number of carbonyl (C=O) groups is 2. The number of ether oxygens (including phenoxy) is 1. The SMILES string of the molecule is CCOC(=O)C1=C(CN2CCN(Cc3sc4ccccc4c3Cl)CC2)NC(=O)NC1. The van der Waals surface area contributed by atoms with E-state index in [4.69, 9.17) is 16.3 Å². The number of urea groups is 1. The first-order chi connectivity index (χ1) is 14.5. The zero-order chi connectivity index (χ0) is 21.1. The Kier molecular flexibility index (Phi) is 6.58. The predicted molar refractivity (Wildman–Crippen MR) is 119 cm³/mol. The molecule has 1 saturated heterocycles. The number of nitrogens with one attached hydrogen (secondary N) is 2. The number of thiophene rings is 1. The molecule has 1 aromatic carbocycles. The molecule has 0 spiro atoms. The fourth-order valence-corrected chi connectivity index (χ4v) is 5.31. The molecule has 2 aliphatic heterocycles. The van der Waals surface area contributed by atoms with Gasteiger partial charge in [-0.2, -0.15) is 0 Å². The Bertz CT molecular complexity index is 982. The van der Waals surface area contributed by atoms with E-state index in [0.717, 1.165) is 43.1 Å². The van der Waals surface area contributed by atoms with Crippen LogP contribution < -0.4 is 10.6 Å². The zero-order valence-corrected chi connectivity index (χ0v) is 18.4. The van der Waals surface area contributed by atoms with Crippen LogP contribution in [0.3, 0.4) is 0 Å². The Morgan fingerprint density at radius 1 is 1.17 bits per heavy atom. The standard InChI is InChI=1S/C21H25ClN4O3S/c1-2-29-20(27)15-11-23-21(28)24-16(15)12-25-7-9-26(10-8-25)13-18-19(22)14-5-3-4-6-17(14)30-18/h3-6H,2,7-13H2,1H3,(H2,23,24,28). The fourth-order valence-electron chi connectivity index (χ4n) is 3.78. The number of fused-ring (bicyclic) bond motifs is 1. The molecule has 3 heterocycles. The molecule has 4 rings (SSSR count). The maximum Gasteiger partial charge on any atom is 0.337 e. The Hall–Kier alpha value is -2.13. The van der Waals surface area contributed by atoms with Gasteiger partial charge >= 0.3 is 12.0 Å². The third-order valence-corrected chi connectivity index (χ3v) is 7.09. The number of nitrogens with zero attached hydrogens (tertiary/aromatic N) is 2. The maximum absolute atomic E-state index is 12.2. The first-order valence-electron chi connectivity index (χ1n) is 10.1. The number of benzene rings is 1. The molecule has 2 amide bonds. The molecular formula is C21H25ClN4O3S. The Balaban J connectivity index is 1.37. The van der Waals surface area contributed by atoms with Crippen LogP contribution in [0.4, 0.5) is 4.79 Å². The van der Waals surface area contributed by atoms with Gasteiger partial charge < -0.3 is 15.4 Å². The smallest absolute Gasteiger partial charge is 0.337 e. The first kappa shape index (κ1) is 21.1. The summed E-state index contributed by atoms with van der Waals surface area (Å²) in [4.78, 5) is 29.8. The Morgan fingerprint density at radius 3 is 2.57 bits per heavy atom. The summed E-state index contributed by atoms with van der Waals surface area (Å²) in [6.07, 6.45) is 0. The Labute approximate surface area is 184 Å². The van der Waals surface area contributed by atoms with E-state index < -0.39 is 0 Å². The first-order valence-corrected chi connectivity index (χ1v) is 11.3. The number of rotatable bonds is 6. The lowest BCUT2D eigenvalue weighted by Gasteiger charge is -2.35. The molecular weight excluding hydrogens is 424 g/mol. The molecule has 0 radical (unpaired) electrons. The van der Waals surface area contributed by atoms with E-state index in [1.165, 1.54) is 9.58 Å². The minimum atomic E-state index is -0.377. The second-order valence-corrected chi connectivity index (χ2v) is 8.89. The van der Waals surface area contributed by atoms with E-state index in [9.17, 15) is 9.59 Å². The van der Waals surface area contributed by atoms with Gasteiger partial charge in [-0.05, 0) is 13.0 Å². The van der Waals surface area contributed by atoms with Crippen LogP contribution in [-0.2, 0) is 16.1 Å². The minimum absolute atomic E-state index is 0.199. The highest BCUT2D eigenvalue weighted by Crippen LogP contribution is 2.36. The molecule has 1 fully saturated rings. The van der Waals surface area contributed by atoms with Crippen LogP contribution in [0.5, 0.6) is 0 Å². The van der Waals surface area contributed by atoms with Crippen molar-refractivity contribution in [3.8, 4) is 0 Å². The van der Waals surface area contributed by atoms with Crippen LogP contribution >= 0.6 is 22.9 Å². The highest BCUT2D eigenvalue weighted by atomic mass is 35.5. The summed E-state index contributed by atoms with van der Waals surface area (Å²) >= 11 is 8.35. The topological polar surface area (TPSA) is 73.9 Å². The van der Waals surface area contributed by atoms with Gasteiger partial charge in [0.15, 0.2) is 0 Å². The number of carbonyl (C=O) groups excluding carboxylic acids is 2. The average molecular weight is 449 g/mol. The van der Waals surface area contributed by atoms with Gasteiger partial charge in [0, 0.05) is 59.9 Å². The molecule has 2 N–H and O–H groups in total. The molecule has 0 saturated carbocycles. The van der Waals surface area contributed by atoms with Crippen molar-refractivity contribution in [2.45, 2.75) is 13.5 Å². The van der Waals surface area contributed by atoms with Gasteiger partial charge in [0.05, 0.1) is 23.7 Å². The summed E-state index contributed by atoms with van der Waals surface area (Å²) in [6, 6.07) is 7.95. The van der Waals surface area contributed by atoms with Crippen molar-refractivity contribution < 1.29 is 14.3 Å². The summed E-state index contributed by atoms with van der Waals surface area (Å²) in [6.45, 7) is 7.15. The number of piperazine rings is 1. The summed E-state index contributed by atoms with van der Waals surface area (Å²) in [5, 5.41) is 7.41. The van der Waals surface area contributed by atoms with Gasteiger partial charge in [0.2, 0.25) is 0 Å². The fraction of sp³-hybridized carbons (Fsp3) is 0.429. The lowest BCUT2D eigenvalue weighted by Crippen LogP contribution is -2.50. The molecule has 160 valence electrons. The van der Waals surface area contributed by atoms with Crippen molar-refractivity contribution in [3.05, 3.63) is 45.4 Å². The molecule has 0 atom stereocenters. The van der Waals surface area contributed by atoms with Crippen LogP contribution in [-0.4, -0.2) is 67.7 Å². The number of amides is 2. The monoisotopic (exact) mass is 448 g/mol. The van der Waals surface area contributed by atoms with Gasteiger partial charge in [0.1, 0.15) is 0 Å². The van der Waals surface area contributed by atoms with Crippen molar-refractivity contribution in [1.29, 1.82) is 0 Å². The lowest BCUT2D eigenvalue weighted by atomic mass is 10.1. The van der Waals surface area contributed by atoms with Crippen molar-refractivity contribution in [1.82, 2.24) is 20.4 Å². The van der Waals surface area contributed by atoms with Gasteiger partial charge in [-0.3, -0.25) is 9.80 Å². The van der Waals surface area contributed by atoms with Gasteiger partial charge in [-0.25, -0.2) is 9.59 Å². The molecule has 9 heteroatoms. The lowest BCUT2D eigenvalue weighted by molar-refractivity contribution is -0.138. The van der Waals surface area contributed by atoms with E-state index in [1.54, 1.807) is 18.3 Å². The van der Waals surface area contributed by atoms with E-state index >= 15 is 0 Å². The number of hydrogen-bond donors (Lipinski definition) is 2. The molecule has 0 aliphatic carbocycles.